The van der Waals surface area contributed by atoms with Crippen LogP contribution in [0.3, 0.4) is 0 Å². The van der Waals surface area contributed by atoms with E-state index >= 15 is 0 Å². The van der Waals surface area contributed by atoms with Gasteiger partial charge in [-0.25, -0.2) is 0 Å². The minimum Gasteiger partial charge on any atom is -0.378 e. The lowest BCUT2D eigenvalue weighted by atomic mass is 9.83. The van der Waals surface area contributed by atoms with Gasteiger partial charge in [0, 0.05) is 37.3 Å². The topological polar surface area (TPSA) is 71.2 Å². The molecule has 2 fully saturated rings. The molecular weight excluding hydrogens is 268 g/mol. The standard InChI is InChI=1S/C16H22N2O3/c19-14-5-3-12(10-17-14)4-6-15(20)18-11-16-7-1-2-13(16)21-9-8-16/h3,5,10,13H,1-2,4,6-9,11H2,(H,17,19)(H,18,20)/t13-,16-/m1/s1. The van der Waals surface area contributed by atoms with Crippen LogP contribution in [0.4, 0.5) is 0 Å². The molecule has 0 radical (unpaired) electrons. The Labute approximate surface area is 124 Å². The number of rotatable bonds is 5. The maximum absolute atomic E-state index is 12.0. The van der Waals surface area contributed by atoms with E-state index in [0.29, 0.717) is 18.9 Å². The lowest BCUT2D eigenvalue weighted by Crippen LogP contribution is -2.39. The minimum atomic E-state index is -0.115. The molecule has 1 aromatic rings. The molecule has 5 heteroatoms. The Bertz CT molecular complexity index is 536. The van der Waals surface area contributed by atoms with Gasteiger partial charge in [-0.1, -0.05) is 12.5 Å². The van der Waals surface area contributed by atoms with Crippen LogP contribution in [0.1, 0.15) is 37.7 Å². The summed E-state index contributed by atoms with van der Waals surface area (Å²) in [7, 11) is 0. The van der Waals surface area contributed by atoms with E-state index in [1.165, 1.54) is 12.5 Å². The monoisotopic (exact) mass is 290 g/mol. The van der Waals surface area contributed by atoms with Crippen molar-refractivity contribution >= 4 is 5.91 Å². The number of H-pyrrole nitrogens is 1. The molecule has 2 heterocycles. The zero-order valence-corrected chi connectivity index (χ0v) is 12.2. The SMILES string of the molecule is O=C(CCc1ccc(=O)[nH]c1)NC[C@]12CCC[C@H]1OCC2. The number of aromatic amines is 1. The van der Waals surface area contributed by atoms with Gasteiger partial charge in [0.2, 0.25) is 11.5 Å². The second-order valence-corrected chi connectivity index (χ2v) is 6.20. The van der Waals surface area contributed by atoms with Gasteiger partial charge in [0.05, 0.1) is 6.10 Å². The Morgan fingerprint density at radius 3 is 3.14 bits per heavy atom. The molecule has 1 amide bonds. The molecule has 21 heavy (non-hydrogen) atoms. The molecule has 0 unspecified atom stereocenters. The highest BCUT2D eigenvalue weighted by molar-refractivity contribution is 5.76. The predicted octanol–water partition coefficient (Wildman–Crippen LogP) is 1.38. The molecular formula is C16H22N2O3. The zero-order valence-electron chi connectivity index (χ0n) is 12.2. The summed E-state index contributed by atoms with van der Waals surface area (Å²) in [5, 5.41) is 3.08. The fourth-order valence-electron chi connectivity index (χ4n) is 3.57. The van der Waals surface area contributed by atoms with Gasteiger partial charge in [0.15, 0.2) is 0 Å². The number of pyridine rings is 1. The number of carbonyl (C=O) groups excluding carboxylic acids is 1. The lowest BCUT2D eigenvalue weighted by molar-refractivity contribution is -0.121. The van der Waals surface area contributed by atoms with E-state index in [1.807, 2.05) is 0 Å². The van der Waals surface area contributed by atoms with Crippen molar-refractivity contribution in [1.29, 1.82) is 0 Å². The highest BCUT2D eigenvalue weighted by Crippen LogP contribution is 2.46. The summed E-state index contributed by atoms with van der Waals surface area (Å²) >= 11 is 0. The van der Waals surface area contributed by atoms with Crippen LogP contribution in [-0.4, -0.2) is 30.1 Å². The van der Waals surface area contributed by atoms with Gasteiger partial charge < -0.3 is 15.0 Å². The predicted molar refractivity (Wildman–Crippen MR) is 79.0 cm³/mol. The van der Waals surface area contributed by atoms with Gasteiger partial charge in [-0.05, 0) is 31.2 Å². The largest absolute Gasteiger partial charge is 0.378 e. The van der Waals surface area contributed by atoms with Gasteiger partial charge in [-0.3, -0.25) is 9.59 Å². The van der Waals surface area contributed by atoms with E-state index in [2.05, 4.69) is 10.3 Å². The number of aromatic nitrogens is 1. The second-order valence-electron chi connectivity index (χ2n) is 6.20. The van der Waals surface area contributed by atoms with Gasteiger partial charge in [-0.15, -0.1) is 0 Å². The van der Waals surface area contributed by atoms with Gasteiger partial charge >= 0.3 is 0 Å². The minimum absolute atomic E-state index is 0.0770. The Hall–Kier alpha value is -1.62. The average Bonchev–Trinajstić information content (AvgIpc) is 3.04. The summed E-state index contributed by atoms with van der Waals surface area (Å²) in [4.78, 5) is 25.6. The molecule has 0 bridgehead atoms. The van der Waals surface area contributed by atoms with E-state index in [4.69, 9.17) is 4.74 Å². The molecule has 1 aliphatic carbocycles. The maximum Gasteiger partial charge on any atom is 0.247 e. The molecule has 0 aromatic carbocycles. The first-order valence-electron chi connectivity index (χ1n) is 7.74. The Kier molecular flexibility index (Phi) is 4.10. The first-order chi connectivity index (χ1) is 10.2. The van der Waals surface area contributed by atoms with Gasteiger partial charge in [0.1, 0.15) is 0 Å². The van der Waals surface area contributed by atoms with Crippen molar-refractivity contribution in [2.24, 2.45) is 5.41 Å². The number of nitrogens with one attached hydrogen (secondary N) is 2. The highest BCUT2D eigenvalue weighted by Gasteiger charge is 2.47. The number of amides is 1. The number of carbonyl (C=O) groups is 1. The molecule has 114 valence electrons. The smallest absolute Gasteiger partial charge is 0.247 e. The second kappa shape index (κ2) is 6.02. The summed E-state index contributed by atoms with van der Waals surface area (Å²) in [5.74, 6) is 0.0770. The van der Waals surface area contributed by atoms with Crippen molar-refractivity contribution in [3.63, 3.8) is 0 Å². The van der Waals surface area contributed by atoms with Gasteiger partial charge in [-0.2, -0.15) is 0 Å². The van der Waals surface area contributed by atoms with Crippen LogP contribution < -0.4 is 10.9 Å². The van der Waals surface area contributed by atoms with Gasteiger partial charge in [0.25, 0.3) is 0 Å². The Morgan fingerprint density at radius 2 is 2.33 bits per heavy atom. The van der Waals surface area contributed by atoms with Crippen LogP contribution in [0.25, 0.3) is 0 Å². The third kappa shape index (κ3) is 3.18. The first-order valence-corrected chi connectivity index (χ1v) is 7.74. The molecule has 2 atom stereocenters. The van der Waals surface area contributed by atoms with Crippen molar-refractivity contribution in [2.45, 2.75) is 44.6 Å². The van der Waals surface area contributed by atoms with Crippen molar-refractivity contribution in [3.05, 3.63) is 34.2 Å². The van der Waals surface area contributed by atoms with Crippen LogP contribution >= 0.6 is 0 Å². The van der Waals surface area contributed by atoms with Crippen molar-refractivity contribution in [3.8, 4) is 0 Å². The van der Waals surface area contributed by atoms with E-state index in [0.717, 1.165) is 38.0 Å². The fourth-order valence-corrected chi connectivity index (χ4v) is 3.57. The van der Waals surface area contributed by atoms with Crippen molar-refractivity contribution < 1.29 is 9.53 Å². The normalized spacial score (nSPS) is 27.5. The fraction of sp³-hybridized carbons (Fsp3) is 0.625. The van der Waals surface area contributed by atoms with Crippen LogP contribution in [0.5, 0.6) is 0 Å². The van der Waals surface area contributed by atoms with E-state index in [1.54, 1.807) is 12.3 Å². The molecule has 1 aromatic heterocycles. The highest BCUT2D eigenvalue weighted by atomic mass is 16.5. The quantitative estimate of drug-likeness (QED) is 0.860. The summed E-state index contributed by atoms with van der Waals surface area (Å²) in [6.45, 7) is 1.57. The number of hydrogen-bond acceptors (Lipinski definition) is 3. The van der Waals surface area contributed by atoms with Crippen molar-refractivity contribution in [1.82, 2.24) is 10.3 Å². The number of aryl methyl sites for hydroxylation is 1. The summed E-state index contributed by atoms with van der Waals surface area (Å²) in [6, 6.07) is 3.26. The summed E-state index contributed by atoms with van der Waals surface area (Å²) in [6.07, 6.45) is 7.69. The van der Waals surface area contributed by atoms with Crippen LogP contribution in [0, 0.1) is 5.41 Å². The zero-order chi connectivity index (χ0) is 14.7. The summed E-state index contributed by atoms with van der Waals surface area (Å²) in [5.41, 5.74) is 1.05. The molecule has 1 aliphatic heterocycles. The molecule has 2 N–H and O–H groups in total. The molecule has 2 aliphatic rings. The van der Waals surface area contributed by atoms with E-state index in [-0.39, 0.29) is 16.9 Å². The molecule has 5 nitrogen and oxygen atoms in total. The van der Waals surface area contributed by atoms with Crippen LogP contribution in [-0.2, 0) is 16.0 Å². The van der Waals surface area contributed by atoms with E-state index < -0.39 is 0 Å². The molecule has 3 rings (SSSR count). The Morgan fingerprint density at radius 1 is 1.43 bits per heavy atom. The number of hydrogen-bond donors (Lipinski definition) is 2. The lowest BCUT2D eigenvalue weighted by Gasteiger charge is -2.27. The maximum atomic E-state index is 12.0. The molecule has 0 spiro atoms. The average molecular weight is 290 g/mol. The van der Waals surface area contributed by atoms with Crippen LogP contribution in [0.15, 0.2) is 23.1 Å². The third-order valence-corrected chi connectivity index (χ3v) is 4.87. The number of ether oxygens (including phenoxy) is 1. The van der Waals surface area contributed by atoms with Crippen LogP contribution in [0.2, 0.25) is 0 Å². The Balaban J connectivity index is 1.46. The molecule has 1 saturated heterocycles. The van der Waals surface area contributed by atoms with Crippen molar-refractivity contribution in [2.75, 3.05) is 13.2 Å². The third-order valence-electron chi connectivity index (χ3n) is 4.87. The van der Waals surface area contributed by atoms with E-state index in [9.17, 15) is 9.59 Å². The first kappa shape index (κ1) is 14.3. The number of fused-ring (bicyclic) bond motifs is 1. The summed E-state index contributed by atoms with van der Waals surface area (Å²) < 4.78 is 5.77. The molecule has 1 saturated carbocycles.